The minimum absolute atomic E-state index is 0.0375. The molecule has 1 amide bonds. The number of likely N-dealkylation sites (tertiary alicyclic amines) is 1. The van der Waals surface area contributed by atoms with Crippen LogP contribution in [0.3, 0.4) is 0 Å². The second kappa shape index (κ2) is 7.20. The molecule has 1 aliphatic rings. The van der Waals surface area contributed by atoms with Crippen LogP contribution >= 0.6 is 0 Å². The van der Waals surface area contributed by atoms with E-state index in [9.17, 15) is 9.59 Å². The van der Waals surface area contributed by atoms with Crippen LogP contribution in [0.1, 0.15) is 38.5 Å². The number of rotatable bonds is 7. The van der Waals surface area contributed by atoms with E-state index in [-0.39, 0.29) is 11.8 Å². The quantitative estimate of drug-likeness (QED) is 0.377. The van der Waals surface area contributed by atoms with Crippen molar-refractivity contribution in [3.63, 3.8) is 0 Å². The molecular formula is C13H21NO2. The highest BCUT2D eigenvalue weighted by molar-refractivity contribution is 5.79. The number of unbranched alkanes of at least 4 members (excludes halogenated alkanes) is 1. The second-order valence-electron chi connectivity index (χ2n) is 4.35. The smallest absolute Gasteiger partial charge is 0.225 e. The number of carbonyl (C=O) groups excluding carboxylic acids is 2. The fourth-order valence-electron chi connectivity index (χ4n) is 2.19. The lowest BCUT2D eigenvalue weighted by Crippen LogP contribution is -2.33. The van der Waals surface area contributed by atoms with Gasteiger partial charge in [0, 0.05) is 25.4 Å². The number of nitrogens with zero attached hydrogens (tertiary/aromatic N) is 1. The Labute approximate surface area is 97.5 Å². The summed E-state index contributed by atoms with van der Waals surface area (Å²) in [5, 5.41) is 0. The van der Waals surface area contributed by atoms with Crippen LogP contribution in [0.15, 0.2) is 12.7 Å². The first kappa shape index (κ1) is 12.9. The van der Waals surface area contributed by atoms with Gasteiger partial charge < -0.3 is 9.69 Å². The minimum Gasteiger partial charge on any atom is -0.342 e. The maximum atomic E-state index is 12.1. The van der Waals surface area contributed by atoms with E-state index in [4.69, 9.17) is 0 Å². The predicted octanol–water partition coefficient (Wildman–Crippen LogP) is 2.17. The summed E-state index contributed by atoms with van der Waals surface area (Å²) in [7, 11) is 0. The van der Waals surface area contributed by atoms with Gasteiger partial charge in [-0.2, -0.15) is 0 Å². The molecule has 1 fully saturated rings. The maximum absolute atomic E-state index is 12.1. The zero-order chi connectivity index (χ0) is 11.8. The first-order valence-corrected chi connectivity index (χ1v) is 6.13. The van der Waals surface area contributed by atoms with E-state index in [0.29, 0.717) is 6.42 Å². The molecule has 1 unspecified atom stereocenters. The fourth-order valence-corrected chi connectivity index (χ4v) is 2.19. The Morgan fingerprint density at radius 1 is 1.38 bits per heavy atom. The van der Waals surface area contributed by atoms with E-state index in [0.717, 1.165) is 51.5 Å². The Morgan fingerprint density at radius 2 is 2.06 bits per heavy atom. The normalized spacial score (nSPS) is 17.1. The van der Waals surface area contributed by atoms with Crippen LogP contribution in [0.4, 0.5) is 0 Å². The van der Waals surface area contributed by atoms with Crippen molar-refractivity contribution in [2.75, 3.05) is 13.1 Å². The summed E-state index contributed by atoms with van der Waals surface area (Å²) in [5.41, 5.74) is 0. The van der Waals surface area contributed by atoms with Crippen molar-refractivity contribution in [1.82, 2.24) is 4.90 Å². The highest BCUT2D eigenvalue weighted by atomic mass is 16.2. The fraction of sp³-hybridized carbons (Fsp3) is 0.692. The van der Waals surface area contributed by atoms with Gasteiger partial charge in [-0.15, -0.1) is 6.58 Å². The summed E-state index contributed by atoms with van der Waals surface area (Å²) < 4.78 is 0. The van der Waals surface area contributed by atoms with E-state index in [1.807, 2.05) is 4.90 Å². The number of hydrogen-bond donors (Lipinski definition) is 0. The second-order valence-corrected chi connectivity index (χ2v) is 4.35. The molecule has 0 aliphatic carbocycles. The molecule has 3 nitrogen and oxygen atoms in total. The van der Waals surface area contributed by atoms with Gasteiger partial charge in [-0.1, -0.05) is 6.08 Å². The highest BCUT2D eigenvalue weighted by Gasteiger charge is 2.24. The molecule has 1 rings (SSSR count). The largest absolute Gasteiger partial charge is 0.342 e. The van der Waals surface area contributed by atoms with Crippen molar-refractivity contribution >= 4 is 12.2 Å². The molecule has 0 aromatic carbocycles. The molecule has 1 heterocycles. The molecule has 3 heteroatoms. The number of amides is 1. The lowest BCUT2D eigenvalue weighted by Gasteiger charge is -2.22. The zero-order valence-electron chi connectivity index (χ0n) is 9.86. The maximum Gasteiger partial charge on any atom is 0.225 e. The van der Waals surface area contributed by atoms with Crippen LogP contribution in [0, 0.1) is 5.92 Å². The Morgan fingerprint density at radius 3 is 2.62 bits per heavy atom. The molecule has 1 aliphatic heterocycles. The summed E-state index contributed by atoms with van der Waals surface area (Å²) in [6.45, 7) is 5.50. The number of allylic oxidation sites excluding steroid dienone is 1. The van der Waals surface area contributed by atoms with Crippen LogP contribution < -0.4 is 0 Å². The first-order valence-electron chi connectivity index (χ1n) is 6.13. The van der Waals surface area contributed by atoms with Gasteiger partial charge >= 0.3 is 0 Å². The molecule has 0 saturated carbocycles. The van der Waals surface area contributed by atoms with Crippen molar-refractivity contribution < 1.29 is 9.59 Å². The summed E-state index contributed by atoms with van der Waals surface area (Å²) in [4.78, 5) is 24.3. The van der Waals surface area contributed by atoms with Crippen molar-refractivity contribution in [3.8, 4) is 0 Å². The summed E-state index contributed by atoms with van der Waals surface area (Å²) >= 11 is 0. The van der Waals surface area contributed by atoms with E-state index in [1.165, 1.54) is 0 Å². The Hall–Kier alpha value is -1.12. The molecule has 90 valence electrons. The van der Waals surface area contributed by atoms with E-state index < -0.39 is 0 Å². The van der Waals surface area contributed by atoms with Gasteiger partial charge in [-0.05, 0) is 32.1 Å². The van der Waals surface area contributed by atoms with Crippen LogP contribution in [-0.2, 0) is 9.59 Å². The van der Waals surface area contributed by atoms with Gasteiger partial charge in [-0.3, -0.25) is 4.79 Å². The average molecular weight is 223 g/mol. The zero-order valence-corrected chi connectivity index (χ0v) is 9.86. The van der Waals surface area contributed by atoms with Crippen LogP contribution in [-0.4, -0.2) is 30.2 Å². The molecule has 0 bridgehead atoms. The van der Waals surface area contributed by atoms with Crippen molar-refractivity contribution in [2.45, 2.75) is 38.5 Å². The van der Waals surface area contributed by atoms with Gasteiger partial charge in [0.1, 0.15) is 6.29 Å². The highest BCUT2D eigenvalue weighted by Crippen LogP contribution is 2.19. The molecule has 0 aromatic heterocycles. The van der Waals surface area contributed by atoms with Gasteiger partial charge in [0.05, 0.1) is 0 Å². The van der Waals surface area contributed by atoms with Crippen LogP contribution in [0.5, 0.6) is 0 Å². The van der Waals surface area contributed by atoms with E-state index in [2.05, 4.69) is 6.58 Å². The Bertz CT molecular complexity index is 244. The average Bonchev–Trinajstić information content (AvgIpc) is 2.81. The lowest BCUT2D eigenvalue weighted by molar-refractivity contribution is -0.134. The van der Waals surface area contributed by atoms with Crippen molar-refractivity contribution in [3.05, 3.63) is 12.7 Å². The van der Waals surface area contributed by atoms with Crippen LogP contribution in [0.25, 0.3) is 0 Å². The number of carbonyl (C=O) groups is 2. The molecular weight excluding hydrogens is 202 g/mol. The third-order valence-corrected chi connectivity index (χ3v) is 3.09. The Kier molecular flexibility index (Phi) is 5.83. The Balaban J connectivity index is 2.43. The number of aldehydes is 1. The topological polar surface area (TPSA) is 37.4 Å². The monoisotopic (exact) mass is 223 g/mol. The molecule has 0 radical (unpaired) electrons. The third-order valence-electron chi connectivity index (χ3n) is 3.09. The molecule has 0 spiro atoms. The third kappa shape index (κ3) is 3.80. The molecule has 0 N–H and O–H groups in total. The van der Waals surface area contributed by atoms with Crippen LogP contribution in [0.2, 0.25) is 0 Å². The van der Waals surface area contributed by atoms with Crippen molar-refractivity contribution in [2.24, 2.45) is 5.92 Å². The summed E-state index contributed by atoms with van der Waals surface area (Å²) in [5.74, 6) is 0.291. The summed E-state index contributed by atoms with van der Waals surface area (Å²) in [6.07, 6.45) is 7.88. The first-order chi connectivity index (χ1) is 7.79. The van der Waals surface area contributed by atoms with E-state index >= 15 is 0 Å². The lowest BCUT2D eigenvalue weighted by atomic mass is 9.97. The molecule has 1 saturated heterocycles. The van der Waals surface area contributed by atoms with Gasteiger partial charge in [0.15, 0.2) is 0 Å². The SMILES string of the molecule is C=CCC(CCCC=O)C(=O)N1CCCC1. The predicted molar refractivity (Wildman–Crippen MR) is 64.0 cm³/mol. The van der Waals surface area contributed by atoms with Crippen molar-refractivity contribution in [1.29, 1.82) is 0 Å². The van der Waals surface area contributed by atoms with E-state index in [1.54, 1.807) is 6.08 Å². The molecule has 0 aromatic rings. The standard InChI is InChI=1S/C13H21NO2/c1-2-7-12(8-3-6-11-15)13(16)14-9-4-5-10-14/h2,11-12H,1,3-10H2. The van der Waals surface area contributed by atoms with Gasteiger partial charge in [0.25, 0.3) is 0 Å². The number of hydrogen-bond acceptors (Lipinski definition) is 2. The summed E-state index contributed by atoms with van der Waals surface area (Å²) in [6, 6.07) is 0. The van der Waals surface area contributed by atoms with Gasteiger partial charge in [-0.25, -0.2) is 0 Å². The minimum atomic E-state index is 0.0375. The van der Waals surface area contributed by atoms with Gasteiger partial charge in [0.2, 0.25) is 5.91 Å². The molecule has 1 atom stereocenters. The molecule has 16 heavy (non-hydrogen) atoms.